The number of esters is 1. The van der Waals surface area contributed by atoms with Gasteiger partial charge in [0.05, 0.1) is 5.56 Å². The average molecular weight is 356 g/mol. The van der Waals surface area contributed by atoms with Crippen LogP contribution in [-0.4, -0.2) is 11.8 Å². The molecule has 0 aliphatic heterocycles. The number of carbonyl (C=O) groups is 2. The van der Waals surface area contributed by atoms with E-state index in [0.29, 0.717) is 16.9 Å². The third-order valence-electron chi connectivity index (χ3n) is 4.22. The molecule has 0 saturated heterocycles. The largest absolute Gasteiger partial charge is 0.423 e. The minimum Gasteiger partial charge on any atom is -0.423 e. The highest BCUT2D eigenvalue weighted by Crippen LogP contribution is 2.17. The van der Waals surface area contributed by atoms with Crippen molar-refractivity contribution in [2.24, 2.45) is 0 Å². The topological polar surface area (TPSA) is 43.4 Å². The second kappa shape index (κ2) is 8.28. The lowest BCUT2D eigenvalue weighted by Crippen LogP contribution is -2.10. The average Bonchev–Trinajstić information content (AvgIpc) is 2.68. The number of hydrogen-bond donors (Lipinski definition) is 0. The Bertz CT molecular complexity index is 981. The highest BCUT2D eigenvalue weighted by atomic mass is 16.5. The van der Waals surface area contributed by atoms with Crippen LogP contribution in [0.25, 0.3) is 6.08 Å². The molecule has 3 rings (SSSR count). The molecule has 0 aliphatic rings. The molecule has 27 heavy (non-hydrogen) atoms. The summed E-state index contributed by atoms with van der Waals surface area (Å²) in [5.74, 6) is -0.110. The second-order valence-electron chi connectivity index (χ2n) is 6.34. The molecule has 3 heteroatoms. The van der Waals surface area contributed by atoms with Crippen LogP contribution in [0.2, 0.25) is 0 Å². The lowest BCUT2D eigenvalue weighted by Gasteiger charge is -2.07. The first-order valence-electron chi connectivity index (χ1n) is 8.70. The number of hydrogen-bond acceptors (Lipinski definition) is 3. The molecule has 0 aliphatic carbocycles. The van der Waals surface area contributed by atoms with Crippen LogP contribution in [0.1, 0.15) is 37.4 Å². The fraction of sp³-hybridized carbons (Fsp3) is 0.0833. The molecule has 0 atom stereocenters. The summed E-state index contributed by atoms with van der Waals surface area (Å²) in [4.78, 5) is 24.5. The van der Waals surface area contributed by atoms with Gasteiger partial charge in [-0.15, -0.1) is 0 Å². The van der Waals surface area contributed by atoms with Crippen LogP contribution in [0.3, 0.4) is 0 Å². The molecule has 0 aromatic heterocycles. The molecule has 3 aromatic carbocycles. The number of rotatable bonds is 5. The van der Waals surface area contributed by atoms with E-state index in [2.05, 4.69) is 0 Å². The smallest absolute Gasteiger partial charge is 0.343 e. The van der Waals surface area contributed by atoms with Gasteiger partial charge in [-0.25, -0.2) is 4.79 Å². The zero-order chi connectivity index (χ0) is 19.2. The van der Waals surface area contributed by atoms with Gasteiger partial charge in [0.1, 0.15) is 5.75 Å². The third-order valence-corrected chi connectivity index (χ3v) is 4.22. The maximum absolute atomic E-state index is 12.3. The number of ether oxygens (including phenoxy) is 1. The van der Waals surface area contributed by atoms with Crippen LogP contribution in [0.5, 0.6) is 5.75 Å². The molecule has 3 aromatic rings. The Labute approximate surface area is 158 Å². The van der Waals surface area contributed by atoms with E-state index in [4.69, 9.17) is 4.74 Å². The summed E-state index contributed by atoms with van der Waals surface area (Å²) in [5.41, 5.74) is 4.07. The molecular formula is C24H20O3. The zero-order valence-corrected chi connectivity index (χ0v) is 15.3. The fourth-order valence-corrected chi connectivity index (χ4v) is 2.60. The maximum Gasteiger partial charge on any atom is 0.343 e. The number of ketones is 1. The molecule has 0 amide bonds. The van der Waals surface area contributed by atoms with Gasteiger partial charge in [-0.1, -0.05) is 54.1 Å². The second-order valence-corrected chi connectivity index (χ2v) is 6.34. The first kappa shape index (κ1) is 18.3. The van der Waals surface area contributed by atoms with E-state index in [1.807, 2.05) is 50.2 Å². The Morgan fingerprint density at radius 1 is 0.815 bits per heavy atom. The van der Waals surface area contributed by atoms with Crippen molar-refractivity contribution in [1.29, 1.82) is 0 Å². The summed E-state index contributed by atoms with van der Waals surface area (Å²) >= 11 is 0. The number of allylic oxidation sites excluding steroid dienone is 1. The normalized spacial score (nSPS) is 10.7. The summed E-state index contributed by atoms with van der Waals surface area (Å²) in [6.07, 6.45) is 3.33. The van der Waals surface area contributed by atoms with E-state index in [1.165, 1.54) is 5.56 Å². The summed E-state index contributed by atoms with van der Waals surface area (Å²) in [6.45, 7) is 3.88. The highest BCUT2D eigenvalue weighted by molar-refractivity contribution is 6.06. The van der Waals surface area contributed by atoms with Crippen LogP contribution >= 0.6 is 0 Å². The summed E-state index contributed by atoms with van der Waals surface area (Å²) in [6, 6.07) is 21.8. The quantitative estimate of drug-likeness (QED) is 0.265. The van der Waals surface area contributed by atoms with E-state index in [0.717, 1.165) is 11.1 Å². The number of carbonyl (C=O) groups excluding carboxylic acids is 2. The van der Waals surface area contributed by atoms with Gasteiger partial charge in [0.25, 0.3) is 0 Å². The van der Waals surface area contributed by atoms with Crippen LogP contribution in [0, 0.1) is 13.8 Å². The number of benzene rings is 3. The van der Waals surface area contributed by atoms with Crippen molar-refractivity contribution in [3.05, 3.63) is 107 Å². The van der Waals surface area contributed by atoms with E-state index < -0.39 is 5.97 Å². The minimum atomic E-state index is -0.411. The van der Waals surface area contributed by atoms with Gasteiger partial charge in [0.2, 0.25) is 0 Å². The minimum absolute atomic E-state index is 0.104. The van der Waals surface area contributed by atoms with Crippen LogP contribution < -0.4 is 4.74 Å². The third kappa shape index (κ3) is 4.79. The predicted octanol–water partition coefficient (Wildman–Crippen LogP) is 5.42. The Kier molecular flexibility index (Phi) is 5.62. The first-order valence-corrected chi connectivity index (χ1v) is 8.70. The maximum atomic E-state index is 12.3. The Hall–Kier alpha value is -3.46. The van der Waals surface area contributed by atoms with Gasteiger partial charge in [0, 0.05) is 5.56 Å². The molecule has 0 unspecified atom stereocenters. The van der Waals surface area contributed by atoms with Crippen molar-refractivity contribution >= 4 is 17.8 Å². The summed E-state index contributed by atoms with van der Waals surface area (Å²) in [5, 5.41) is 0. The Morgan fingerprint density at radius 3 is 2.15 bits per heavy atom. The van der Waals surface area contributed by atoms with Crippen molar-refractivity contribution in [3.8, 4) is 5.75 Å². The molecule has 0 radical (unpaired) electrons. The lowest BCUT2D eigenvalue weighted by molar-refractivity contribution is 0.0734. The van der Waals surface area contributed by atoms with Crippen molar-refractivity contribution in [3.63, 3.8) is 0 Å². The van der Waals surface area contributed by atoms with E-state index in [-0.39, 0.29) is 5.78 Å². The van der Waals surface area contributed by atoms with Gasteiger partial charge in [0.15, 0.2) is 5.78 Å². The van der Waals surface area contributed by atoms with Crippen LogP contribution in [0.15, 0.2) is 78.9 Å². The van der Waals surface area contributed by atoms with Gasteiger partial charge < -0.3 is 4.74 Å². The van der Waals surface area contributed by atoms with Crippen molar-refractivity contribution in [1.82, 2.24) is 0 Å². The molecule has 0 spiro atoms. The Balaban J connectivity index is 1.66. The SMILES string of the molecule is Cc1ccc(C=CC(=O)c2ccc(OC(=O)c3ccccc3C)cc2)cc1. The standard InChI is InChI=1S/C24H20O3/c1-17-7-9-19(10-8-17)11-16-23(25)20-12-14-21(15-13-20)27-24(26)22-6-4-3-5-18(22)2/h3-16H,1-2H3. The predicted molar refractivity (Wildman–Crippen MR) is 107 cm³/mol. The van der Waals surface area contributed by atoms with Gasteiger partial charge >= 0.3 is 5.97 Å². The van der Waals surface area contributed by atoms with Gasteiger partial charge in [-0.2, -0.15) is 0 Å². The molecule has 0 N–H and O–H groups in total. The summed E-state index contributed by atoms with van der Waals surface area (Å²) < 4.78 is 5.39. The molecule has 0 heterocycles. The monoisotopic (exact) mass is 356 g/mol. The Morgan fingerprint density at radius 2 is 1.48 bits per heavy atom. The van der Waals surface area contributed by atoms with Gasteiger partial charge in [-0.3, -0.25) is 4.79 Å². The van der Waals surface area contributed by atoms with Gasteiger partial charge in [-0.05, 0) is 61.4 Å². The van der Waals surface area contributed by atoms with E-state index in [9.17, 15) is 9.59 Å². The highest BCUT2D eigenvalue weighted by Gasteiger charge is 2.11. The van der Waals surface area contributed by atoms with Crippen LogP contribution in [0.4, 0.5) is 0 Å². The molecule has 3 nitrogen and oxygen atoms in total. The van der Waals surface area contributed by atoms with Crippen molar-refractivity contribution in [2.45, 2.75) is 13.8 Å². The first-order chi connectivity index (χ1) is 13.0. The molecule has 0 saturated carbocycles. The van der Waals surface area contributed by atoms with E-state index in [1.54, 1.807) is 48.6 Å². The fourth-order valence-electron chi connectivity index (χ4n) is 2.60. The molecule has 0 bridgehead atoms. The number of aryl methyl sites for hydroxylation is 2. The molecular weight excluding hydrogens is 336 g/mol. The van der Waals surface area contributed by atoms with Crippen molar-refractivity contribution < 1.29 is 14.3 Å². The molecule has 134 valence electrons. The summed E-state index contributed by atoms with van der Waals surface area (Å²) in [7, 11) is 0. The van der Waals surface area contributed by atoms with Crippen molar-refractivity contribution in [2.75, 3.05) is 0 Å². The van der Waals surface area contributed by atoms with E-state index >= 15 is 0 Å². The lowest BCUT2D eigenvalue weighted by atomic mass is 10.1. The zero-order valence-electron chi connectivity index (χ0n) is 15.3. The molecule has 0 fully saturated rings. The van der Waals surface area contributed by atoms with Crippen LogP contribution in [-0.2, 0) is 0 Å².